The maximum absolute atomic E-state index is 13.3. The van der Waals surface area contributed by atoms with Crippen molar-refractivity contribution < 1.29 is 42.3 Å². The fraction of sp³-hybridized carbons (Fsp3) is 0.143. The summed E-state index contributed by atoms with van der Waals surface area (Å²) in [6.07, 6.45) is 0.428. The third-order valence-electron chi connectivity index (χ3n) is 3.28. The SMILES string of the molecule is O=C([O-])c1ccc(C(=O)N2CCc3cc(F)c(F)cc32)s1.[Li+]. The Hall–Kier alpha value is -1.68. The van der Waals surface area contributed by atoms with Crippen molar-refractivity contribution in [1.82, 2.24) is 0 Å². The number of amides is 1. The van der Waals surface area contributed by atoms with E-state index in [0.717, 1.165) is 23.5 Å². The minimum atomic E-state index is -1.35. The number of carbonyl (C=O) groups is 2. The number of carbonyl (C=O) groups excluding carboxylic acids is 2. The summed E-state index contributed by atoms with van der Waals surface area (Å²) in [5.41, 5.74) is 0.876. The van der Waals surface area contributed by atoms with Crippen LogP contribution in [-0.4, -0.2) is 18.4 Å². The first-order chi connectivity index (χ1) is 9.97. The Balaban J connectivity index is 0.00000176. The number of thiophene rings is 1. The number of hydrogen-bond acceptors (Lipinski definition) is 4. The molecule has 1 aliphatic rings. The third-order valence-corrected chi connectivity index (χ3v) is 4.33. The summed E-state index contributed by atoms with van der Waals surface area (Å²) in [5.74, 6) is -3.75. The van der Waals surface area contributed by atoms with E-state index >= 15 is 0 Å². The van der Waals surface area contributed by atoms with Gasteiger partial charge in [0.1, 0.15) is 0 Å². The molecule has 2 aromatic rings. The molecule has 0 fully saturated rings. The Morgan fingerprint density at radius 3 is 2.41 bits per heavy atom. The molecule has 2 heterocycles. The summed E-state index contributed by atoms with van der Waals surface area (Å²) in [7, 11) is 0. The maximum Gasteiger partial charge on any atom is 1.00 e. The van der Waals surface area contributed by atoms with Crippen molar-refractivity contribution in [2.24, 2.45) is 0 Å². The molecule has 3 rings (SSSR count). The predicted octanol–water partition coefficient (Wildman–Crippen LogP) is -1.40. The molecule has 0 saturated heterocycles. The minimum absolute atomic E-state index is 0. The van der Waals surface area contributed by atoms with Gasteiger partial charge in [0.15, 0.2) is 11.6 Å². The summed E-state index contributed by atoms with van der Waals surface area (Å²) < 4.78 is 26.5. The van der Waals surface area contributed by atoms with Crippen LogP contribution in [0.15, 0.2) is 24.3 Å². The van der Waals surface area contributed by atoms with Crippen LogP contribution in [0, 0.1) is 11.6 Å². The zero-order chi connectivity index (χ0) is 15.1. The van der Waals surface area contributed by atoms with Gasteiger partial charge in [-0.1, -0.05) is 0 Å². The van der Waals surface area contributed by atoms with Gasteiger partial charge in [-0.3, -0.25) is 4.79 Å². The van der Waals surface area contributed by atoms with E-state index in [4.69, 9.17) is 0 Å². The third kappa shape index (κ3) is 2.80. The van der Waals surface area contributed by atoms with Gasteiger partial charge in [-0.2, -0.15) is 0 Å². The molecule has 0 saturated carbocycles. The zero-order valence-corrected chi connectivity index (χ0v) is 12.4. The van der Waals surface area contributed by atoms with Crippen molar-refractivity contribution in [3.05, 3.63) is 51.2 Å². The van der Waals surface area contributed by atoms with Crippen molar-refractivity contribution in [2.45, 2.75) is 6.42 Å². The first-order valence-electron chi connectivity index (χ1n) is 6.08. The molecule has 0 spiro atoms. The normalized spacial score (nSPS) is 12.7. The van der Waals surface area contributed by atoms with Crippen molar-refractivity contribution in [2.75, 3.05) is 11.4 Å². The van der Waals surface area contributed by atoms with E-state index in [1.807, 2.05) is 0 Å². The van der Waals surface area contributed by atoms with Crippen molar-refractivity contribution >= 4 is 28.9 Å². The van der Waals surface area contributed by atoms with Gasteiger partial charge in [-0.15, -0.1) is 11.3 Å². The largest absolute Gasteiger partial charge is 1.00 e. The number of carboxylic acids is 1. The molecule has 0 radical (unpaired) electrons. The smallest absolute Gasteiger partial charge is 0.544 e. The topological polar surface area (TPSA) is 60.4 Å². The summed E-state index contributed by atoms with van der Waals surface area (Å²) in [4.78, 5) is 24.6. The molecule has 1 aromatic carbocycles. The molecule has 22 heavy (non-hydrogen) atoms. The molecule has 4 nitrogen and oxygen atoms in total. The van der Waals surface area contributed by atoms with Crippen molar-refractivity contribution in [3.63, 3.8) is 0 Å². The molecule has 0 unspecified atom stereocenters. The Labute approximate surface area is 140 Å². The van der Waals surface area contributed by atoms with Crippen LogP contribution in [0.3, 0.4) is 0 Å². The standard InChI is InChI=1S/C14H9F2NO3S.Li/c15-8-5-7-3-4-17(10(7)6-9(8)16)13(18)11-1-2-12(21-11)14(19)20;/h1-2,5-6H,3-4H2,(H,19,20);/q;+1/p-1. The summed E-state index contributed by atoms with van der Waals surface area (Å²) in [6, 6.07) is 4.74. The van der Waals surface area contributed by atoms with Gasteiger partial charge >= 0.3 is 18.9 Å². The van der Waals surface area contributed by atoms with Crippen LogP contribution in [0.4, 0.5) is 14.5 Å². The number of carboxylic acid groups (broad SMARTS) is 1. The summed E-state index contributed by atoms with van der Waals surface area (Å²) >= 11 is 0.797. The van der Waals surface area contributed by atoms with E-state index in [2.05, 4.69) is 0 Å². The first kappa shape index (κ1) is 16.7. The second-order valence-corrected chi connectivity index (χ2v) is 5.64. The van der Waals surface area contributed by atoms with Crippen molar-refractivity contribution in [1.29, 1.82) is 0 Å². The van der Waals surface area contributed by atoms with Crippen LogP contribution in [0.2, 0.25) is 0 Å². The average Bonchev–Trinajstić information content (AvgIpc) is 3.05. The molecule has 0 bridgehead atoms. The van der Waals surface area contributed by atoms with E-state index in [0.29, 0.717) is 24.2 Å². The molecule has 108 valence electrons. The van der Waals surface area contributed by atoms with E-state index in [9.17, 15) is 23.5 Å². The van der Waals surface area contributed by atoms with E-state index in [1.54, 1.807) is 0 Å². The fourth-order valence-corrected chi connectivity index (χ4v) is 3.08. The molecule has 0 N–H and O–H groups in total. The van der Waals surface area contributed by atoms with Crippen LogP contribution in [0.25, 0.3) is 0 Å². The monoisotopic (exact) mass is 315 g/mol. The Morgan fingerprint density at radius 1 is 1.14 bits per heavy atom. The second kappa shape index (κ2) is 6.21. The molecule has 0 atom stereocenters. The number of aromatic carboxylic acids is 1. The summed E-state index contributed by atoms with van der Waals surface area (Å²) in [5, 5.41) is 10.7. The molecule has 1 aromatic heterocycles. The number of fused-ring (bicyclic) bond motifs is 1. The van der Waals surface area contributed by atoms with Gasteiger partial charge in [-0.25, -0.2) is 8.78 Å². The first-order valence-corrected chi connectivity index (χ1v) is 6.90. The molecule has 1 aliphatic heterocycles. The van der Waals surface area contributed by atoms with Crippen LogP contribution in [-0.2, 0) is 6.42 Å². The van der Waals surface area contributed by atoms with E-state index in [1.165, 1.54) is 17.0 Å². The molecule has 8 heteroatoms. The number of rotatable bonds is 2. The Morgan fingerprint density at radius 2 is 1.77 bits per heavy atom. The van der Waals surface area contributed by atoms with Gasteiger partial charge in [0.2, 0.25) is 0 Å². The van der Waals surface area contributed by atoms with Crippen LogP contribution >= 0.6 is 11.3 Å². The van der Waals surface area contributed by atoms with Gasteiger partial charge in [0.25, 0.3) is 5.91 Å². The average molecular weight is 315 g/mol. The molecular formula is C14H8F2LiNO3S. The Kier molecular flexibility index (Phi) is 4.71. The van der Waals surface area contributed by atoms with Gasteiger partial charge in [0, 0.05) is 12.6 Å². The zero-order valence-electron chi connectivity index (χ0n) is 11.6. The van der Waals surface area contributed by atoms with Gasteiger partial charge in [0.05, 0.1) is 21.4 Å². The number of nitrogens with zero attached hydrogens (tertiary/aromatic N) is 1. The van der Waals surface area contributed by atoms with Crippen LogP contribution in [0.5, 0.6) is 0 Å². The quantitative estimate of drug-likeness (QED) is 0.640. The number of hydrogen-bond donors (Lipinski definition) is 0. The molecular weight excluding hydrogens is 307 g/mol. The number of benzene rings is 1. The molecule has 0 aliphatic carbocycles. The Bertz CT molecular complexity index is 763. The van der Waals surface area contributed by atoms with E-state index < -0.39 is 23.5 Å². The van der Waals surface area contributed by atoms with Gasteiger partial charge in [-0.05, 0) is 30.2 Å². The van der Waals surface area contributed by atoms with Gasteiger partial charge < -0.3 is 14.8 Å². The molecule has 1 amide bonds. The second-order valence-electron chi connectivity index (χ2n) is 4.55. The predicted molar refractivity (Wildman–Crippen MR) is 70.4 cm³/mol. The van der Waals surface area contributed by atoms with Crippen LogP contribution in [0.1, 0.15) is 24.9 Å². The maximum atomic E-state index is 13.3. The number of halogens is 2. The number of anilines is 1. The van der Waals surface area contributed by atoms with E-state index in [-0.39, 0.29) is 28.6 Å². The van der Waals surface area contributed by atoms with Crippen LogP contribution < -0.4 is 28.9 Å². The minimum Gasteiger partial charge on any atom is -0.544 e. The van der Waals surface area contributed by atoms with Crippen molar-refractivity contribution in [3.8, 4) is 0 Å². The fourth-order valence-electron chi connectivity index (χ4n) is 2.29. The summed E-state index contributed by atoms with van der Waals surface area (Å²) in [6.45, 7) is 0.301.